The van der Waals surface area contributed by atoms with Crippen molar-refractivity contribution in [2.45, 2.75) is 20.0 Å². The second-order valence-electron chi connectivity index (χ2n) is 4.78. The van der Waals surface area contributed by atoms with Gasteiger partial charge in [0.1, 0.15) is 6.54 Å². The van der Waals surface area contributed by atoms with Gasteiger partial charge in [-0.2, -0.15) is 0 Å². The predicted octanol–water partition coefficient (Wildman–Crippen LogP) is 1.99. The molecule has 0 saturated carbocycles. The maximum atomic E-state index is 12.0. The van der Waals surface area contributed by atoms with E-state index in [0.29, 0.717) is 13.1 Å². The fourth-order valence-corrected chi connectivity index (χ4v) is 2.33. The first-order valence-electron chi connectivity index (χ1n) is 6.53. The summed E-state index contributed by atoms with van der Waals surface area (Å²) < 4.78 is 2.03. The van der Waals surface area contributed by atoms with Crippen molar-refractivity contribution in [1.82, 2.24) is 19.9 Å². The Labute approximate surface area is 116 Å². The highest BCUT2D eigenvalue weighted by Crippen LogP contribution is 2.18. The molecule has 20 heavy (non-hydrogen) atoms. The molecule has 2 heterocycles. The van der Waals surface area contributed by atoms with Crippen molar-refractivity contribution in [2.24, 2.45) is 0 Å². The van der Waals surface area contributed by atoms with Crippen molar-refractivity contribution in [2.75, 3.05) is 0 Å². The Morgan fingerprint density at radius 3 is 3.05 bits per heavy atom. The maximum Gasteiger partial charge on any atom is 0.240 e. The van der Waals surface area contributed by atoms with Crippen molar-refractivity contribution in [1.29, 1.82) is 0 Å². The zero-order valence-electron chi connectivity index (χ0n) is 11.3. The average molecular weight is 268 g/mol. The number of hydrogen-bond acceptors (Lipinski definition) is 2. The van der Waals surface area contributed by atoms with Crippen LogP contribution in [-0.4, -0.2) is 20.4 Å². The number of rotatable bonds is 4. The van der Waals surface area contributed by atoms with Gasteiger partial charge in [0.05, 0.1) is 18.6 Å². The standard InChI is InChI=1S/C15H16N4O/c1-11-6-12-4-2-3-5-14(12)19(11)9-15(20)17-8-13-7-16-10-18-13/h2-7,10H,8-9H2,1H3,(H,16,18)(H,17,20). The molecule has 1 amide bonds. The number of carbonyl (C=O) groups excluding carboxylic acids is 1. The van der Waals surface area contributed by atoms with E-state index >= 15 is 0 Å². The Morgan fingerprint density at radius 1 is 1.40 bits per heavy atom. The second kappa shape index (κ2) is 5.21. The molecule has 2 aromatic heterocycles. The van der Waals surface area contributed by atoms with Gasteiger partial charge in [0.25, 0.3) is 0 Å². The fraction of sp³-hybridized carbons (Fsp3) is 0.200. The molecule has 0 atom stereocenters. The quantitative estimate of drug-likeness (QED) is 0.760. The molecule has 2 N–H and O–H groups in total. The number of nitrogens with zero attached hydrogens (tertiary/aromatic N) is 2. The van der Waals surface area contributed by atoms with Crippen molar-refractivity contribution >= 4 is 16.8 Å². The number of nitrogens with one attached hydrogen (secondary N) is 2. The summed E-state index contributed by atoms with van der Waals surface area (Å²) in [6.45, 7) is 2.81. The van der Waals surface area contributed by atoms with E-state index in [0.717, 1.165) is 22.3 Å². The molecule has 0 saturated heterocycles. The minimum atomic E-state index is -0.0101. The van der Waals surface area contributed by atoms with Crippen LogP contribution in [0.5, 0.6) is 0 Å². The number of aromatic amines is 1. The van der Waals surface area contributed by atoms with E-state index in [1.807, 2.05) is 29.7 Å². The van der Waals surface area contributed by atoms with Gasteiger partial charge in [-0.05, 0) is 24.4 Å². The number of hydrogen-bond donors (Lipinski definition) is 2. The van der Waals surface area contributed by atoms with Crippen LogP contribution in [0.4, 0.5) is 0 Å². The number of imidazole rings is 1. The molecular weight excluding hydrogens is 252 g/mol. The van der Waals surface area contributed by atoms with Gasteiger partial charge < -0.3 is 14.9 Å². The normalized spacial score (nSPS) is 10.8. The van der Waals surface area contributed by atoms with Crippen molar-refractivity contribution < 1.29 is 4.79 Å². The molecule has 0 bridgehead atoms. The summed E-state index contributed by atoms with van der Waals surface area (Å²) in [5.41, 5.74) is 3.07. The number of aryl methyl sites for hydroxylation is 1. The number of amides is 1. The van der Waals surface area contributed by atoms with Crippen molar-refractivity contribution in [3.05, 3.63) is 54.2 Å². The Bertz CT molecular complexity index is 728. The van der Waals surface area contributed by atoms with Gasteiger partial charge >= 0.3 is 0 Å². The fourth-order valence-electron chi connectivity index (χ4n) is 2.33. The molecule has 3 rings (SSSR count). The second-order valence-corrected chi connectivity index (χ2v) is 4.78. The van der Waals surface area contributed by atoms with E-state index in [2.05, 4.69) is 27.4 Å². The lowest BCUT2D eigenvalue weighted by Crippen LogP contribution is -2.27. The third-order valence-electron chi connectivity index (χ3n) is 3.35. The molecule has 0 spiro atoms. The topological polar surface area (TPSA) is 62.7 Å². The summed E-state index contributed by atoms with van der Waals surface area (Å²) in [4.78, 5) is 18.9. The first-order valence-corrected chi connectivity index (χ1v) is 6.53. The van der Waals surface area contributed by atoms with E-state index in [1.54, 1.807) is 12.5 Å². The maximum absolute atomic E-state index is 12.0. The molecular formula is C15H16N4O. The Kier molecular flexibility index (Phi) is 3.25. The summed E-state index contributed by atoms with van der Waals surface area (Å²) >= 11 is 0. The lowest BCUT2D eigenvalue weighted by molar-refractivity contribution is -0.121. The van der Waals surface area contributed by atoms with E-state index < -0.39 is 0 Å². The van der Waals surface area contributed by atoms with Gasteiger partial charge in [-0.3, -0.25) is 4.79 Å². The first kappa shape index (κ1) is 12.5. The Hall–Kier alpha value is -2.56. The minimum Gasteiger partial charge on any atom is -0.349 e. The molecule has 0 aliphatic heterocycles. The number of H-pyrrole nitrogens is 1. The van der Waals surface area contributed by atoms with Crippen LogP contribution in [-0.2, 0) is 17.9 Å². The van der Waals surface area contributed by atoms with Crippen LogP contribution in [0.1, 0.15) is 11.4 Å². The zero-order valence-corrected chi connectivity index (χ0v) is 11.3. The Balaban J connectivity index is 1.72. The molecule has 0 unspecified atom stereocenters. The third kappa shape index (κ3) is 2.42. The molecule has 0 aliphatic rings. The van der Waals surface area contributed by atoms with Gasteiger partial charge in [-0.25, -0.2) is 4.98 Å². The largest absolute Gasteiger partial charge is 0.349 e. The lowest BCUT2D eigenvalue weighted by atomic mass is 10.2. The van der Waals surface area contributed by atoms with Crippen LogP contribution >= 0.6 is 0 Å². The van der Waals surface area contributed by atoms with Gasteiger partial charge in [0.15, 0.2) is 0 Å². The molecule has 102 valence electrons. The number of aromatic nitrogens is 3. The monoisotopic (exact) mass is 268 g/mol. The highest BCUT2D eigenvalue weighted by Gasteiger charge is 2.09. The summed E-state index contributed by atoms with van der Waals surface area (Å²) in [7, 11) is 0. The predicted molar refractivity (Wildman–Crippen MR) is 77.1 cm³/mol. The number of carbonyl (C=O) groups is 1. The van der Waals surface area contributed by atoms with E-state index in [9.17, 15) is 4.79 Å². The van der Waals surface area contributed by atoms with E-state index in [4.69, 9.17) is 0 Å². The van der Waals surface area contributed by atoms with Crippen molar-refractivity contribution in [3.8, 4) is 0 Å². The SMILES string of the molecule is Cc1cc2ccccc2n1CC(=O)NCc1cnc[nH]1. The van der Waals surface area contributed by atoms with Crippen LogP contribution < -0.4 is 5.32 Å². The van der Waals surface area contributed by atoms with Crippen LogP contribution in [0.15, 0.2) is 42.9 Å². The molecule has 3 aromatic rings. The van der Waals surface area contributed by atoms with Crippen LogP contribution in [0.3, 0.4) is 0 Å². The highest BCUT2D eigenvalue weighted by atomic mass is 16.1. The van der Waals surface area contributed by atoms with Gasteiger partial charge in [-0.15, -0.1) is 0 Å². The van der Waals surface area contributed by atoms with Gasteiger partial charge in [0.2, 0.25) is 5.91 Å². The molecule has 0 radical (unpaired) electrons. The lowest BCUT2D eigenvalue weighted by Gasteiger charge is -2.08. The van der Waals surface area contributed by atoms with E-state index in [-0.39, 0.29) is 5.91 Å². The van der Waals surface area contributed by atoms with Crippen LogP contribution in [0.25, 0.3) is 10.9 Å². The van der Waals surface area contributed by atoms with Gasteiger partial charge in [-0.1, -0.05) is 18.2 Å². The number of fused-ring (bicyclic) bond motifs is 1. The zero-order chi connectivity index (χ0) is 13.9. The summed E-state index contributed by atoms with van der Waals surface area (Å²) in [6, 6.07) is 10.2. The van der Waals surface area contributed by atoms with Crippen LogP contribution in [0, 0.1) is 6.92 Å². The highest BCUT2D eigenvalue weighted by molar-refractivity contribution is 5.84. The van der Waals surface area contributed by atoms with Crippen LogP contribution in [0.2, 0.25) is 0 Å². The van der Waals surface area contributed by atoms with Gasteiger partial charge in [0, 0.05) is 17.4 Å². The molecule has 5 nitrogen and oxygen atoms in total. The Morgan fingerprint density at radius 2 is 2.25 bits per heavy atom. The molecule has 1 aromatic carbocycles. The summed E-state index contributed by atoms with van der Waals surface area (Å²) in [5.74, 6) is -0.0101. The summed E-state index contributed by atoms with van der Waals surface area (Å²) in [6.07, 6.45) is 3.31. The van der Waals surface area contributed by atoms with Crippen molar-refractivity contribution in [3.63, 3.8) is 0 Å². The molecule has 0 aliphatic carbocycles. The average Bonchev–Trinajstić information content (AvgIpc) is 3.06. The third-order valence-corrected chi connectivity index (χ3v) is 3.35. The minimum absolute atomic E-state index is 0.0101. The number of benzene rings is 1. The smallest absolute Gasteiger partial charge is 0.240 e. The summed E-state index contributed by atoms with van der Waals surface area (Å²) in [5, 5.41) is 4.04. The first-order chi connectivity index (χ1) is 9.74. The molecule has 5 heteroatoms. The number of para-hydroxylation sites is 1. The molecule has 0 fully saturated rings. The van der Waals surface area contributed by atoms with E-state index in [1.165, 1.54) is 0 Å².